The second kappa shape index (κ2) is 5.61. The molecule has 0 saturated carbocycles. The van der Waals surface area contributed by atoms with Crippen LogP contribution < -0.4 is 14.8 Å². The highest BCUT2D eigenvalue weighted by Crippen LogP contribution is 2.35. The van der Waals surface area contributed by atoms with Crippen LogP contribution in [0.25, 0.3) is 0 Å². The maximum atomic E-state index is 5.88. The summed E-state index contributed by atoms with van der Waals surface area (Å²) < 4.78 is 11.6. The van der Waals surface area contributed by atoms with E-state index < -0.39 is 0 Å². The van der Waals surface area contributed by atoms with E-state index in [0.717, 1.165) is 56.6 Å². The highest BCUT2D eigenvalue weighted by atomic mass is 16.5. The summed E-state index contributed by atoms with van der Waals surface area (Å²) in [5, 5.41) is 3.42. The molecule has 0 bridgehead atoms. The fraction of sp³-hybridized carbons (Fsp3) is 0.600. The summed E-state index contributed by atoms with van der Waals surface area (Å²) >= 11 is 0. The first-order valence-electron chi connectivity index (χ1n) is 7.02. The quantitative estimate of drug-likeness (QED) is 0.870. The van der Waals surface area contributed by atoms with Crippen molar-refractivity contribution in [2.45, 2.75) is 25.7 Å². The average Bonchev–Trinajstić information content (AvgIpc) is 2.66. The molecule has 0 unspecified atom stereocenters. The molecule has 0 radical (unpaired) electrons. The molecule has 0 aromatic heterocycles. The Morgan fingerprint density at radius 3 is 2.83 bits per heavy atom. The Hall–Kier alpha value is -1.22. The van der Waals surface area contributed by atoms with E-state index in [9.17, 15) is 0 Å². The van der Waals surface area contributed by atoms with E-state index >= 15 is 0 Å². The van der Waals surface area contributed by atoms with Crippen LogP contribution in [0.15, 0.2) is 18.2 Å². The van der Waals surface area contributed by atoms with Crippen molar-refractivity contribution in [3.63, 3.8) is 0 Å². The molecule has 1 N–H and O–H groups in total. The van der Waals surface area contributed by atoms with E-state index in [1.54, 1.807) is 0 Å². The van der Waals surface area contributed by atoms with Gasteiger partial charge in [0.05, 0.1) is 13.2 Å². The summed E-state index contributed by atoms with van der Waals surface area (Å²) in [4.78, 5) is 0. The molecule has 3 rings (SSSR count). The molecule has 3 nitrogen and oxygen atoms in total. The molecule has 0 spiro atoms. The highest BCUT2D eigenvalue weighted by molar-refractivity contribution is 5.47. The summed E-state index contributed by atoms with van der Waals surface area (Å²) in [6, 6.07) is 6.30. The van der Waals surface area contributed by atoms with Gasteiger partial charge >= 0.3 is 0 Å². The van der Waals surface area contributed by atoms with Crippen molar-refractivity contribution in [3.8, 4) is 11.5 Å². The molecular weight excluding hydrogens is 226 g/mol. The predicted octanol–water partition coefficient (Wildman–Crippen LogP) is 2.39. The average molecular weight is 247 g/mol. The molecule has 1 saturated heterocycles. The maximum Gasteiger partial charge on any atom is 0.164 e. The molecule has 0 atom stereocenters. The standard InChI is InChI=1S/C15H21NO2/c1-3-13(11-12-5-7-16-8-6-12)15-14(4-1)17-9-2-10-18-15/h1,3-4,12,16H,2,5-11H2. The van der Waals surface area contributed by atoms with Crippen molar-refractivity contribution in [1.29, 1.82) is 0 Å². The van der Waals surface area contributed by atoms with E-state index in [4.69, 9.17) is 9.47 Å². The summed E-state index contributed by atoms with van der Waals surface area (Å²) in [6.07, 6.45) is 4.63. The third-order valence-electron chi connectivity index (χ3n) is 3.82. The predicted molar refractivity (Wildman–Crippen MR) is 71.3 cm³/mol. The number of nitrogens with one attached hydrogen (secondary N) is 1. The fourth-order valence-corrected chi connectivity index (χ4v) is 2.81. The largest absolute Gasteiger partial charge is 0.490 e. The molecule has 2 aliphatic rings. The minimum atomic E-state index is 0.768. The third kappa shape index (κ3) is 2.61. The fourth-order valence-electron chi connectivity index (χ4n) is 2.81. The van der Waals surface area contributed by atoms with Crippen LogP contribution in [-0.4, -0.2) is 26.3 Å². The molecule has 18 heavy (non-hydrogen) atoms. The van der Waals surface area contributed by atoms with Gasteiger partial charge in [-0.15, -0.1) is 0 Å². The third-order valence-corrected chi connectivity index (χ3v) is 3.82. The van der Waals surface area contributed by atoms with Crippen molar-refractivity contribution >= 4 is 0 Å². The van der Waals surface area contributed by atoms with Crippen LogP contribution in [0.3, 0.4) is 0 Å². The molecule has 1 fully saturated rings. The molecule has 3 heteroatoms. The number of hydrogen-bond acceptors (Lipinski definition) is 3. The molecule has 1 aromatic rings. The number of ether oxygens (including phenoxy) is 2. The molecule has 98 valence electrons. The number of piperidine rings is 1. The van der Waals surface area contributed by atoms with Gasteiger partial charge in [0.15, 0.2) is 11.5 Å². The van der Waals surface area contributed by atoms with Crippen LogP contribution in [0.4, 0.5) is 0 Å². The van der Waals surface area contributed by atoms with Crippen molar-refractivity contribution < 1.29 is 9.47 Å². The summed E-state index contributed by atoms with van der Waals surface area (Å²) in [6.45, 7) is 3.84. The second-order valence-corrected chi connectivity index (χ2v) is 5.19. The van der Waals surface area contributed by atoms with E-state index in [1.807, 2.05) is 6.07 Å². The number of hydrogen-bond donors (Lipinski definition) is 1. The monoisotopic (exact) mass is 247 g/mol. The smallest absolute Gasteiger partial charge is 0.164 e. The zero-order chi connectivity index (χ0) is 12.2. The van der Waals surface area contributed by atoms with Gasteiger partial charge in [0.1, 0.15) is 0 Å². The van der Waals surface area contributed by atoms with Crippen LogP contribution in [0.5, 0.6) is 11.5 Å². The first-order valence-corrected chi connectivity index (χ1v) is 7.02. The lowest BCUT2D eigenvalue weighted by molar-refractivity contribution is 0.294. The van der Waals surface area contributed by atoms with E-state index in [-0.39, 0.29) is 0 Å². The van der Waals surface area contributed by atoms with Gasteiger partial charge in [0.25, 0.3) is 0 Å². The lowest BCUT2D eigenvalue weighted by Gasteiger charge is -2.23. The van der Waals surface area contributed by atoms with E-state index in [0.29, 0.717) is 0 Å². The van der Waals surface area contributed by atoms with Crippen molar-refractivity contribution in [1.82, 2.24) is 5.32 Å². The van der Waals surface area contributed by atoms with Crippen molar-refractivity contribution in [2.24, 2.45) is 5.92 Å². The van der Waals surface area contributed by atoms with Crippen LogP contribution >= 0.6 is 0 Å². The Morgan fingerprint density at radius 2 is 1.94 bits per heavy atom. The van der Waals surface area contributed by atoms with E-state index in [2.05, 4.69) is 17.4 Å². The second-order valence-electron chi connectivity index (χ2n) is 5.19. The highest BCUT2D eigenvalue weighted by Gasteiger charge is 2.19. The molecular formula is C15H21NO2. The molecule has 1 aromatic carbocycles. The van der Waals surface area contributed by atoms with Gasteiger partial charge in [0.2, 0.25) is 0 Å². The molecule has 0 amide bonds. The van der Waals surface area contributed by atoms with Crippen LogP contribution in [0, 0.1) is 5.92 Å². The lowest BCUT2D eigenvalue weighted by atomic mass is 9.90. The van der Waals surface area contributed by atoms with Gasteiger partial charge in [-0.2, -0.15) is 0 Å². The van der Waals surface area contributed by atoms with Crippen molar-refractivity contribution in [3.05, 3.63) is 23.8 Å². The van der Waals surface area contributed by atoms with Gasteiger partial charge in [-0.05, 0) is 49.9 Å². The Bertz CT molecular complexity index is 399. The summed E-state index contributed by atoms with van der Waals surface area (Å²) in [5.41, 5.74) is 1.32. The SMILES string of the molecule is c1cc(CC2CCNCC2)c2c(c1)OCCCO2. The minimum Gasteiger partial charge on any atom is -0.490 e. The lowest BCUT2D eigenvalue weighted by Crippen LogP contribution is -2.28. The topological polar surface area (TPSA) is 30.5 Å². The van der Waals surface area contributed by atoms with Gasteiger partial charge < -0.3 is 14.8 Å². The Kier molecular flexibility index (Phi) is 3.69. The van der Waals surface area contributed by atoms with Gasteiger partial charge in [-0.3, -0.25) is 0 Å². The maximum absolute atomic E-state index is 5.88. The first kappa shape index (κ1) is 11.8. The normalized spacial score (nSPS) is 20.4. The van der Waals surface area contributed by atoms with Gasteiger partial charge in [0, 0.05) is 6.42 Å². The molecule has 2 heterocycles. The van der Waals surface area contributed by atoms with Gasteiger partial charge in [-0.1, -0.05) is 12.1 Å². The van der Waals surface area contributed by atoms with Crippen LogP contribution in [0.1, 0.15) is 24.8 Å². The number of para-hydroxylation sites is 1. The Morgan fingerprint density at radius 1 is 1.11 bits per heavy atom. The van der Waals surface area contributed by atoms with Crippen molar-refractivity contribution in [2.75, 3.05) is 26.3 Å². The zero-order valence-corrected chi connectivity index (χ0v) is 10.8. The summed E-state index contributed by atoms with van der Waals surface area (Å²) in [5.74, 6) is 2.71. The minimum absolute atomic E-state index is 0.768. The van der Waals surface area contributed by atoms with Crippen LogP contribution in [0.2, 0.25) is 0 Å². The first-order chi connectivity index (χ1) is 8.93. The Labute approximate surface area is 108 Å². The summed E-state index contributed by atoms with van der Waals surface area (Å²) in [7, 11) is 0. The number of fused-ring (bicyclic) bond motifs is 1. The van der Waals surface area contributed by atoms with E-state index in [1.165, 1.54) is 18.4 Å². The van der Waals surface area contributed by atoms with Crippen LogP contribution in [-0.2, 0) is 6.42 Å². The molecule has 2 aliphatic heterocycles. The number of benzene rings is 1. The number of rotatable bonds is 2. The Balaban J connectivity index is 1.78. The van der Waals surface area contributed by atoms with Gasteiger partial charge in [-0.25, -0.2) is 0 Å². The molecule has 0 aliphatic carbocycles. The zero-order valence-electron chi connectivity index (χ0n) is 10.8.